The van der Waals surface area contributed by atoms with Gasteiger partial charge in [-0.3, -0.25) is 10.1 Å². The third-order valence-corrected chi connectivity index (χ3v) is 1.31. The summed E-state index contributed by atoms with van der Waals surface area (Å²) < 4.78 is 4.30. The van der Waals surface area contributed by atoms with Crippen molar-refractivity contribution in [2.75, 3.05) is 0 Å². The Morgan fingerprint density at radius 2 is 1.91 bits per heavy atom. The number of non-ortho nitro benzene ring substituents is 1. The summed E-state index contributed by atoms with van der Waals surface area (Å²) >= 11 is 4.99. The maximum atomic E-state index is 10.1. The van der Waals surface area contributed by atoms with Crippen molar-refractivity contribution in [3.63, 3.8) is 0 Å². The van der Waals surface area contributed by atoms with Gasteiger partial charge in [0, 0.05) is 12.1 Å². The second-order valence-corrected chi connectivity index (χ2v) is 1.98. The molecule has 0 saturated carbocycles. The first-order chi connectivity index (χ1) is 5.24. The van der Waals surface area contributed by atoms with Crippen LogP contribution in [0.15, 0.2) is 24.3 Å². The van der Waals surface area contributed by atoms with E-state index in [-0.39, 0.29) is 5.69 Å². The fourth-order valence-electron chi connectivity index (χ4n) is 0.619. The van der Waals surface area contributed by atoms with Crippen LogP contribution in [0, 0.1) is 10.1 Å². The molecule has 0 heterocycles. The number of halogens is 1. The summed E-state index contributed by atoms with van der Waals surface area (Å²) in [5.41, 5.74) is 0.0162. The third kappa shape index (κ3) is 1.81. The topological polar surface area (TPSA) is 52.4 Å². The summed E-state index contributed by atoms with van der Waals surface area (Å²) in [6.45, 7) is 0. The molecular formula is C6H4ClNO3. The minimum Gasteiger partial charge on any atom is -0.386 e. The Bertz CT molecular complexity index is 259. The van der Waals surface area contributed by atoms with Gasteiger partial charge < -0.3 is 4.29 Å². The van der Waals surface area contributed by atoms with Crippen molar-refractivity contribution >= 4 is 17.6 Å². The van der Waals surface area contributed by atoms with Gasteiger partial charge in [-0.25, -0.2) is 0 Å². The highest BCUT2D eigenvalue weighted by molar-refractivity contribution is 6.09. The van der Waals surface area contributed by atoms with Crippen LogP contribution in [0.3, 0.4) is 0 Å². The van der Waals surface area contributed by atoms with E-state index in [9.17, 15) is 10.1 Å². The molecule has 0 fully saturated rings. The molecule has 58 valence electrons. The highest BCUT2D eigenvalue weighted by Gasteiger charge is 2.03. The molecule has 0 unspecified atom stereocenters. The Balaban J connectivity index is 2.91. The van der Waals surface area contributed by atoms with Gasteiger partial charge in [0.2, 0.25) is 0 Å². The summed E-state index contributed by atoms with van der Waals surface area (Å²) in [7, 11) is 0. The summed E-state index contributed by atoms with van der Waals surface area (Å²) in [5.74, 6) is 0.386. The van der Waals surface area contributed by atoms with E-state index in [0.29, 0.717) is 5.75 Å². The molecule has 0 aliphatic rings. The SMILES string of the molecule is O=[N+]([O-])c1ccc(OCl)cc1. The van der Waals surface area contributed by atoms with Gasteiger partial charge in [-0.2, -0.15) is 0 Å². The van der Waals surface area contributed by atoms with Crippen LogP contribution < -0.4 is 4.29 Å². The van der Waals surface area contributed by atoms with Crippen LogP contribution >= 0.6 is 11.9 Å². The Morgan fingerprint density at radius 3 is 2.27 bits per heavy atom. The minimum atomic E-state index is -0.488. The van der Waals surface area contributed by atoms with E-state index < -0.39 is 4.92 Å². The summed E-state index contributed by atoms with van der Waals surface area (Å²) in [6.07, 6.45) is 0. The minimum absolute atomic E-state index is 0.0162. The predicted molar refractivity (Wildman–Crippen MR) is 39.6 cm³/mol. The van der Waals surface area contributed by atoms with Gasteiger partial charge in [-0.1, -0.05) is 0 Å². The molecule has 0 aliphatic heterocycles. The molecule has 1 aromatic carbocycles. The molecule has 0 spiro atoms. The molecule has 4 nitrogen and oxygen atoms in total. The standard InChI is InChI=1S/C6H4ClNO3/c7-11-6-3-1-5(2-4-6)8(9)10/h1-4H. The molecule has 11 heavy (non-hydrogen) atoms. The molecule has 0 atom stereocenters. The first kappa shape index (κ1) is 7.81. The normalized spacial score (nSPS) is 9.18. The summed E-state index contributed by atoms with van der Waals surface area (Å²) in [5, 5.41) is 10.1. The van der Waals surface area contributed by atoms with Crippen LogP contribution in [-0.4, -0.2) is 4.92 Å². The lowest BCUT2D eigenvalue weighted by Gasteiger charge is -1.93. The average Bonchev–Trinajstić information content (AvgIpc) is 2.05. The smallest absolute Gasteiger partial charge is 0.269 e. The highest BCUT2D eigenvalue weighted by Crippen LogP contribution is 2.17. The van der Waals surface area contributed by atoms with Gasteiger partial charge >= 0.3 is 0 Å². The predicted octanol–water partition coefficient (Wildman–Crippen LogP) is 2.13. The van der Waals surface area contributed by atoms with E-state index in [1.165, 1.54) is 24.3 Å². The lowest BCUT2D eigenvalue weighted by Crippen LogP contribution is -1.86. The zero-order valence-electron chi connectivity index (χ0n) is 5.36. The van der Waals surface area contributed by atoms with Gasteiger partial charge in [0.25, 0.3) is 5.69 Å². The van der Waals surface area contributed by atoms with E-state index in [0.717, 1.165) is 0 Å². The Kier molecular flexibility index (Phi) is 2.28. The molecule has 1 rings (SSSR count). The van der Waals surface area contributed by atoms with Gasteiger partial charge in [-0.15, -0.1) is 0 Å². The Morgan fingerprint density at radius 1 is 1.36 bits per heavy atom. The first-order valence-electron chi connectivity index (χ1n) is 2.77. The highest BCUT2D eigenvalue weighted by atomic mass is 35.5. The van der Waals surface area contributed by atoms with Crippen molar-refractivity contribution in [2.24, 2.45) is 0 Å². The molecule has 0 aromatic heterocycles. The number of nitro benzene ring substituents is 1. The largest absolute Gasteiger partial charge is 0.386 e. The average molecular weight is 174 g/mol. The van der Waals surface area contributed by atoms with Crippen LogP contribution in [0.4, 0.5) is 5.69 Å². The van der Waals surface area contributed by atoms with Crippen molar-refractivity contribution in [1.82, 2.24) is 0 Å². The van der Waals surface area contributed by atoms with Gasteiger partial charge in [0.1, 0.15) is 17.6 Å². The molecule has 0 N–H and O–H groups in total. The fraction of sp³-hybridized carbons (Fsp3) is 0. The molecule has 0 saturated heterocycles. The monoisotopic (exact) mass is 173 g/mol. The van der Waals surface area contributed by atoms with Crippen molar-refractivity contribution in [3.05, 3.63) is 34.4 Å². The Labute approximate surface area is 67.7 Å². The maximum Gasteiger partial charge on any atom is 0.269 e. The maximum absolute atomic E-state index is 10.1. The molecule has 1 aromatic rings. The lowest BCUT2D eigenvalue weighted by molar-refractivity contribution is -0.384. The van der Waals surface area contributed by atoms with E-state index in [4.69, 9.17) is 11.9 Å². The Hall–Kier alpha value is -1.29. The molecule has 0 radical (unpaired) electrons. The van der Waals surface area contributed by atoms with E-state index in [2.05, 4.69) is 4.29 Å². The molecule has 0 aliphatic carbocycles. The van der Waals surface area contributed by atoms with Crippen LogP contribution in [0.2, 0.25) is 0 Å². The molecule has 0 bridgehead atoms. The van der Waals surface area contributed by atoms with Gasteiger partial charge in [-0.05, 0) is 12.1 Å². The summed E-state index contributed by atoms with van der Waals surface area (Å²) in [6, 6.07) is 5.48. The van der Waals surface area contributed by atoms with Gasteiger partial charge in [0.15, 0.2) is 0 Å². The zero-order valence-corrected chi connectivity index (χ0v) is 6.12. The quantitative estimate of drug-likeness (QED) is 0.509. The van der Waals surface area contributed by atoms with E-state index in [1.807, 2.05) is 0 Å². The second kappa shape index (κ2) is 3.21. The number of nitro groups is 1. The van der Waals surface area contributed by atoms with Crippen LogP contribution in [0.1, 0.15) is 0 Å². The van der Waals surface area contributed by atoms with E-state index in [1.54, 1.807) is 0 Å². The van der Waals surface area contributed by atoms with Crippen LogP contribution in [0.25, 0.3) is 0 Å². The molecule has 0 amide bonds. The first-order valence-corrected chi connectivity index (χ1v) is 3.08. The van der Waals surface area contributed by atoms with Crippen molar-refractivity contribution in [2.45, 2.75) is 0 Å². The fourth-order valence-corrected chi connectivity index (χ4v) is 0.722. The van der Waals surface area contributed by atoms with Crippen molar-refractivity contribution in [1.29, 1.82) is 0 Å². The zero-order chi connectivity index (χ0) is 8.27. The lowest BCUT2D eigenvalue weighted by atomic mass is 10.3. The molecular weight excluding hydrogens is 170 g/mol. The summed E-state index contributed by atoms with van der Waals surface area (Å²) in [4.78, 5) is 9.64. The number of rotatable bonds is 2. The second-order valence-electron chi connectivity index (χ2n) is 1.83. The number of hydrogen-bond acceptors (Lipinski definition) is 3. The molecule has 5 heteroatoms. The van der Waals surface area contributed by atoms with Crippen LogP contribution in [0.5, 0.6) is 5.75 Å². The van der Waals surface area contributed by atoms with Crippen molar-refractivity contribution < 1.29 is 9.21 Å². The number of benzene rings is 1. The van der Waals surface area contributed by atoms with Crippen LogP contribution in [-0.2, 0) is 0 Å². The third-order valence-electron chi connectivity index (χ3n) is 1.14. The number of nitrogens with zero attached hydrogens (tertiary/aromatic N) is 1. The van der Waals surface area contributed by atoms with Gasteiger partial charge in [0.05, 0.1) is 4.92 Å². The van der Waals surface area contributed by atoms with Crippen molar-refractivity contribution in [3.8, 4) is 5.75 Å². The number of hydrogen-bond donors (Lipinski definition) is 0. The van der Waals surface area contributed by atoms with E-state index >= 15 is 0 Å².